The quantitative estimate of drug-likeness (QED) is 0.482. The lowest BCUT2D eigenvalue weighted by Crippen LogP contribution is -1.96. The van der Waals surface area contributed by atoms with Gasteiger partial charge in [0.05, 0.1) is 11.2 Å². The van der Waals surface area contributed by atoms with Crippen molar-refractivity contribution in [2.45, 2.75) is 6.92 Å². The summed E-state index contributed by atoms with van der Waals surface area (Å²) in [5.74, 6) is 0.174. The van der Waals surface area contributed by atoms with Crippen molar-refractivity contribution < 1.29 is 4.39 Å². The van der Waals surface area contributed by atoms with Crippen molar-refractivity contribution >= 4 is 22.5 Å². The molecule has 0 saturated carbocycles. The van der Waals surface area contributed by atoms with Gasteiger partial charge in [-0.1, -0.05) is 35.9 Å². The number of nitrogens with zero attached hydrogens (tertiary/aromatic N) is 3. The molecule has 0 unspecified atom stereocenters. The predicted octanol–water partition coefficient (Wildman–Crippen LogP) is 5.46. The average molecular weight is 350 g/mol. The molecule has 0 aliphatic rings. The third-order valence-electron chi connectivity index (χ3n) is 3.96. The highest BCUT2D eigenvalue weighted by Crippen LogP contribution is 2.28. The summed E-state index contributed by atoms with van der Waals surface area (Å²) in [6.07, 6.45) is 1.76. The first-order valence-electron chi connectivity index (χ1n) is 7.77. The molecule has 0 radical (unpaired) electrons. The number of halogens is 2. The largest absolute Gasteiger partial charge is 0.244 e. The van der Waals surface area contributed by atoms with Crippen LogP contribution in [0.3, 0.4) is 0 Å². The summed E-state index contributed by atoms with van der Waals surface area (Å²) in [7, 11) is 0. The highest BCUT2D eigenvalue weighted by molar-refractivity contribution is 6.31. The zero-order valence-corrected chi connectivity index (χ0v) is 14.1. The van der Waals surface area contributed by atoms with Crippen LogP contribution in [0.2, 0.25) is 5.02 Å². The van der Waals surface area contributed by atoms with Crippen LogP contribution in [0.15, 0.2) is 60.8 Å². The highest BCUT2D eigenvalue weighted by Gasteiger charge is 2.13. The third kappa shape index (κ3) is 2.96. The van der Waals surface area contributed by atoms with Crippen molar-refractivity contribution in [1.29, 1.82) is 0 Å². The van der Waals surface area contributed by atoms with Gasteiger partial charge in [-0.2, -0.15) is 0 Å². The number of fused-ring (bicyclic) bond motifs is 1. The minimum absolute atomic E-state index is 0.325. The molecule has 2 heterocycles. The molecular weight excluding hydrogens is 337 g/mol. The minimum Gasteiger partial charge on any atom is -0.244 e. The molecule has 0 bridgehead atoms. The summed E-state index contributed by atoms with van der Waals surface area (Å²) >= 11 is 6.07. The zero-order chi connectivity index (χ0) is 17.4. The fourth-order valence-corrected chi connectivity index (χ4v) is 2.99. The number of aryl methyl sites for hydroxylation is 1. The Kier molecular flexibility index (Phi) is 3.90. The Hall–Kier alpha value is -2.85. The molecule has 2 aromatic carbocycles. The fourth-order valence-electron chi connectivity index (χ4n) is 2.72. The van der Waals surface area contributed by atoms with Gasteiger partial charge in [0.1, 0.15) is 11.5 Å². The molecule has 4 aromatic rings. The molecule has 0 aliphatic carbocycles. The second-order valence-electron chi connectivity index (χ2n) is 5.74. The number of hydrogen-bond acceptors (Lipinski definition) is 3. The van der Waals surface area contributed by atoms with Gasteiger partial charge in [0.2, 0.25) is 0 Å². The smallest absolute Gasteiger partial charge is 0.178 e. The van der Waals surface area contributed by atoms with E-state index in [4.69, 9.17) is 11.6 Å². The molecule has 122 valence electrons. The van der Waals surface area contributed by atoms with Gasteiger partial charge in [-0.3, -0.25) is 0 Å². The summed E-state index contributed by atoms with van der Waals surface area (Å²) in [4.78, 5) is 13.5. The molecule has 2 aromatic heterocycles. The number of rotatable bonds is 2. The van der Waals surface area contributed by atoms with Crippen LogP contribution in [0.25, 0.3) is 33.7 Å². The fraction of sp³-hybridized carbons (Fsp3) is 0.0500. The molecule has 25 heavy (non-hydrogen) atoms. The summed E-state index contributed by atoms with van der Waals surface area (Å²) in [5, 5.41) is 1.43. The molecule has 4 rings (SSSR count). The van der Waals surface area contributed by atoms with Crippen molar-refractivity contribution in [1.82, 2.24) is 15.0 Å². The van der Waals surface area contributed by atoms with Gasteiger partial charge in [-0.05, 0) is 42.8 Å². The average Bonchev–Trinajstić information content (AvgIpc) is 2.64. The molecular formula is C20H13ClFN3. The number of aromatic nitrogens is 3. The zero-order valence-electron chi connectivity index (χ0n) is 13.4. The van der Waals surface area contributed by atoms with Crippen LogP contribution in [-0.2, 0) is 0 Å². The Balaban J connectivity index is 1.84. The van der Waals surface area contributed by atoms with Gasteiger partial charge >= 0.3 is 0 Å². The second kappa shape index (κ2) is 6.22. The van der Waals surface area contributed by atoms with Crippen molar-refractivity contribution in [3.05, 3.63) is 77.2 Å². The molecule has 0 aliphatic heterocycles. The van der Waals surface area contributed by atoms with Gasteiger partial charge in [-0.25, -0.2) is 19.3 Å². The number of pyridine rings is 1. The van der Waals surface area contributed by atoms with Crippen LogP contribution in [0, 0.1) is 12.7 Å². The lowest BCUT2D eigenvalue weighted by Gasteiger charge is -2.08. The van der Waals surface area contributed by atoms with Crippen LogP contribution in [0.1, 0.15) is 5.56 Å². The van der Waals surface area contributed by atoms with Crippen LogP contribution >= 0.6 is 11.6 Å². The second-order valence-corrected chi connectivity index (χ2v) is 6.18. The van der Waals surface area contributed by atoms with E-state index in [9.17, 15) is 4.39 Å². The first-order chi connectivity index (χ1) is 12.1. The summed E-state index contributed by atoms with van der Waals surface area (Å²) < 4.78 is 14.5. The monoisotopic (exact) mass is 349 g/mol. The van der Waals surface area contributed by atoms with E-state index in [-0.39, 0.29) is 5.82 Å². The molecule has 0 amide bonds. The summed E-state index contributed by atoms with van der Waals surface area (Å²) in [6.45, 7) is 1.68. The van der Waals surface area contributed by atoms with Crippen molar-refractivity contribution in [2.24, 2.45) is 0 Å². The first kappa shape index (κ1) is 15.7. The first-order valence-corrected chi connectivity index (χ1v) is 8.15. The molecule has 0 saturated heterocycles. The van der Waals surface area contributed by atoms with E-state index in [0.717, 1.165) is 10.9 Å². The molecule has 0 atom stereocenters. The van der Waals surface area contributed by atoms with E-state index in [1.54, 1.807) is 31.3 Å². The van der Waals surface area contributed by atoms with E-state index >= 15 is 0 Å². The van der Waals surface area contributed by atoms with Crippen molar-refractivity contribution in [3.8, 4) is 22.8 Å². The lowest BCUT2D eigenvalue weighted by atomic mass is 10.1. The molecule has 0 spiro atoms. The van der Waals surface area contributed by atoms with Gasteiger partial charge in [-0.15, -0.1) is 0 Å². The molecule has 0 fully saturated rings. The van der Waals surface area contributed by atoms with E-state index in [1.807, 2.05) is 36.4 Å². The number of para-hydroxylation sites is 1. The van der Waals surface area contributed by atoms with Gasteiger partial charge in [0.15, 0.2) is 5.82 Å². The Morgan fingerprint density at radius 1 is 0.920 bits per heavy atom. The van der Waals surface area contributed by atoms with Crippen LogP contribution in [0.5, 0.6) is 0 Å². The van der Waals surface area contributed by atoms with E-state index in [2.05, 4.69) is 15.0 Å². The number of benzene rings is 2. The Bertz CT molecular complexity index is 1100. The van der Waals surface area contributed by atoms with Crippen LogP contribution in [0.4, 0.5) is 4.39 Å². The maximum Gasteiger partial charge on any atom is 0.178 e. The number of hydrogen-bond donors (Lipinski definition) is 0. The van der Waals surface area contributed by atoms with Gasteiger partial charge in [0.25, 0.3) is 0 Å². The Morgan fingerprint density at radius 2 is 1.72 bits per heavy atom. The van der Waals surface area contributed by atoms with E-state index < -0.39 is 0 Å². The predicted molar refractivity (Wildman–Crippen MR) is 97.9 cm³/mol. The van der Waals surface area contributed by atoms with Gasteiger partial charge < -0.3 is 0 Å². The van der Waals surface area contributed by atoms with Crippen molar-refractivity contribution in [2.75, 3.05) is 0 Å². The maximum atomic E-state index is 14.5. The van der Waals surface area contributed by atoms with Crippen LogP contribution < -0.4 is 0 Å². The Labute approximate surface area is 149 Å². The highest BCUT2D eigenvalue weighted by atomic mass is 35.5. The van der Waals surface area contributed by atoms with E-state index in [1.165, 1.54) is 0 Å². The van der Waals surface area contributed by atoms with Crippen LogP contribution in [-0.4, -0.2) is 15.0 Å². The SMILES string of the molecule is Cc1cc(Cl)cc(-c2cccc(-c3ncc4ccccc4n3)n2)c1F. The summed E-state index contributed by atoms with van der Waals surface area (Å²) in [5.41, 5.74) is 2.77. The third-order valence-corrected chi connectivity index (χ3v) is 4.18. The minimum atomic E-state index is -0.325. The standard InChI is InChI=1S/C20H13ClFN3/c1-12-9-14(21)10-15(19(12)22)17-7-4-8-18(24-17)20-23-11-13-5-2-3-6-16(13)25-20/h2-11H,1H3. The van der Waals surface area contributed by atoms with Crippen molar-refractivity contribution in [3.63, 3.8) is 0 Å². The maximum absolute atomic E-state index is 14.5. The summed E-state index contributed by atoms with van der Waals surface area (Å²) in [6, 6.07) is 16.3. The molecule has 3 nitrogen and oxygen atoms in total. The Morgan fingerprint density at radius 3 is 2.60 bits per heavy atom. The normalized spacial score (nSPS) is 11.0. The topological polar surface area (TPSA) is 38.7 Å². The molecule has 0 N–H and O–H groups in total. The van der Waals surface area contributed by atoms with E-state index in [0.29, 0.717) is 33.4 Å². The molecule has 5 heteroatoms. The lowest BCUT2D eigenvalue weighted by molar-refractivity contribution is 0.621. The van der Waals surface area contributed by atoms with Gasteiger partial charge in [0, 0.05) is 22.2 Å².